The van der Waals surface area contributed by atoms with Gasteiger partial charge in [-0.2, -0.15) is 0 Å². The lowest BCUT2D eigenvalue weighted by molar-refractivity contribution is -0.518. The number of piperazine rings is 1. The van der Waals surface area contributed by atoms with Gasteiger partial charge >= 0.3 is 0 Å². The van der Waals surface area contributed by atoms with E-state index in [0.29, 0.717) is 12.6 Å². The molecule has 0 bridgehead atoms. The van der Waals surface area contributed by atoms with E-state index in [9.17, 15) is 10.1 Å². The fourth-order valence-electron chi connectivity index (χ4n) is 1.90. The van der Waals surface area contributed by atoms with E-state index in [2.05, 4.69) is 23.6 Å². The first-order valence-corrected chi connectivity index (χ1v) is 5.60. The lowest BCUT2D eigenvalue weighted by Gasteiger charge is -2.36. The lowest BCUT2D eigenvalue weighted by atomic mass is 10.2. The molecule has 15 heavy (non-hydrogen) atoms. The van der Waals surface area contributed by atoms with Crippen molar-refractivity contribution in [3.63, 3.8) is 0 Å². The third-order valence-electron chi connectivity index (χ3n) is 3.02. The van der Waals surface area contributed by atoms with Gasteiger partial charge in [0.05, 0.1) is 6.54 Å². The Balaban J connectivity index is 2.28. The van der Waals surface area contributed by atoms with E-state index >= 15 is 0 Å². The average Bonchev–Trinajstić information content (AvgIpc) is 2.18. The van der Waals surface area contributed by atoms with E-state index in [1.54, 1.807) is 6.92 Å². The van der Waals surface area contributed by atoms with Crippen molar-refractivity contribution in [1.82, 2.24) is 9.80 Å². The first-order chi connectivity index (χ1) is 7.00. The summed E-state index contributed by atoms with van der Waals surface area (Å²) in [4.78, 5) is 14.9. The summed E-state index contributed by atoms with van der Waals surface area (Å²) in [5, 5.41) is 10.5. The van der Waals surface area contributed by atoms with Crippen molar-refractivity contribution in [2.75, 3.05) is 32.7 Å². The molecule has 1 aliphatic heterocycles. The molecule has 0 amide bonds. The highest BCUT2D eigenvalue weighted by Crippen LogP contribution is 2.06. The van der Waals surface area contributed by atoms with E-state index in [4.69, 9.17) is 0 Å². The SMILES string of the molecule is CC(C)N1CCN(CC(C)[N+](=O)[O-])CC1. The van der Waals surface area contributed by atoms with E-state index in [1.807, 2.05) is 0 Å². The Morgan fingerprint density at radius 3 is 2.13 bits per heavy atom. The highest BCUT2D eigenvalue weighted by Gasteiger charge is 2.23. The van der Waals surface area contributed by atoms with Gasteiger partial charge in [-0.25, -0.2) is 0 Å². The first kappa shape index (κ1) is 12.4. The van der Waals surface area contributed by atoms with Crippen LogP contribution < -0.4 is 0 Å². The van der Waals surface area contributed by atoms with Crippen molar-refractivity contribution >= 4 is 0 Å². The first-order valence-electron chi connectivity index (χ1n) is 5.60. The molecular formula is C10H21N3O2. The van der Waals surface area contributed by atoms with E-state index in [-0.39, 0.29) is 4.92 Å². The smallest absolute Gasteiger partial charge is 0.222 e. The predicted molar refractivity (Wildman–Crippen MR) is 59.6 cm³/mol. The van der Waals surface area contributed by atoms with Crippen LogP contribution in [-0.2, 0) is 0 Å². The van der Waals surface area contributed by atoms with Crippen molar-refractivity contribution in [3.8, 4) is 0 Å². The van der Waals surface area contributed by atoms with Crippen LogP contribution in [0.4, 0.5) is 0 Å². The molecule has 5 nitrogen and oxygen atoms in total. The van der Waals surface area contributed by atoms with Gasteiger partial charge in [-0.15, -0.1) is 0 Å². The Morgan fingerprint density at radius 1 is 1.20 bits per heavy atom. The van der Waals surface area contributed by atoms with Gasteiger partial charge in [-0.3, -0.25) is 19.9 Å². The quantitative estimate of drug-likeness (QED) is 0.511. The van der Waals surface area contributed by atoms with Crippen molar-refractivity contribution in [1.29, 1.82) is 0 Å². The van der Waals surface area contributed by atoms with Gasteiger partial charge in [-0.05, 0) is 13.8 Å². The predicted octanol–water partition coefficient (Wildman–Crippen LogP) is 0.678. The molecule has 0 radical (unpaired) electrons. The molecule has 1 saturated heterocycles. The van der Waals surface area contributed by atoms with Crippen LogP contribution in [0.15, 0.2) is 0 Å². The molecule has 0 aromatic carbocycles. The van der Waals surface area contributed by atoms with Gasteiger partial charge in [0.1, 0.15) is 0 Å². The molecule has 1 aliphatic rings. The number of hydrogen-bond acceptors (Lipinski definition) is 4. The molecule has 0 aromatic rings. The topological polar surface area (TPSA) is 49.6 Å². The Labute approximate surface area is 91.2 Å². The molecule has 88 valence electrons. The summed E-state index contributed by atoms with van der Waals surface area (Å²) in [5.41, 5.74) is 0. The fraction of sp³-hybridized carbons (Fsp3) is 1.00. The van der Waals surface area contributed by atoms with Gasteiger partial charge in [-0.1, -0.05) is 0 Å². The van der Waals surface area contributed by atoms with Crippen LogP contribution in [0.25, 0.3) is 0 Å². The van der Waals surface area contributed by atoms with E-state index < -0.39 is 6.04 Å². The largest absolute Gasteiger partial charge is 0.298 e. The minimum atomic E-state index is -0.449. The number of nitro groups is 1. The molecule has 1 rings (SSSR count). The van der Waals surface area contributed by atoms with Gasteiger partial charge in [0, 0.05) is 44.1 Å². The molecule has 0 aliphatic carbocycles. The summed E-state index contributed by atoms with van der Waals surface area (Å²) in [6.07, 6.45) is 0. The van der Waals surface area contributed by atoms with Crippen LogP contribution in [0.2, 0.25) is 0 Å². The summed E-state index contributed by atoms with van der Waals surface area (Å²) in [6.45, 7) is 10.6. The van der Waals surface area contributed by atoms with Crippen molar-refractivity contribution in [2.24, 2.45) is 0 Å². The van der Waals surface area contributed by atoms with Crippen molar-refractivity contribution in [3.05, 3.63) is 10.1 Å². The van der Waals surface area contributed by atoms with Gasteiger partial charge < -0.3 is 0 Å². The maximum absolute atomic E-state index is 10.5. The van der Waals surface area contributed by atoms with Crippen LogP contribution in [0.3, 0.4) is 0 Å². The third-order valence-corrected chi connectivity index (χ3v) is 3.02. The van der Waals surface area contributed by atoms with Crippen LogP contribution in [0.1, 0.15) is 20.8 Å². The Morgan fingerprint density at radius 2 is 1.73 bits per heavy atom. The summed E-state index contributed by atoms with van der Waals surface area (Å²) in [5.74, 6) is 0. The van der Waals surface area contributed by atoms with Gasteiger partial charge in [0.25, 0.3) is 0 Å². The third kappa shape index (κ3) is 3.76. The highest BCUT2D eigenvalue weighted by atomic mass is 16.6. The molecule has 1 atom stereocenters. The van der Waals surface area contributed by atoms with E-state index in [0.717, 1.165) is 26.2 Å². The highest BCUT2D eigenvalue weighted by molar-refractivity contribution is 4.75. The number of nitrogens with zero attached hydrogens (tertiary/aromatic N) is 3. The second kappa shape index (κ2) is 5.42. The Kier molecular flexibility index (Phi) is 4.47. The van der Waals surface area contributed by atoms with Gasteiger partial charge in [0.2, 0.25) is 6.04 Å². The Bertz CT molecular complexity index is 213. The van der Waals surface area contributed by atoms with Crippen LogP contribution >= 0.6 is 0 Å². The summed E-state index contributed by atoms with van der Waals surface area (Å²) in [6, 6.07) is 0.135. The second-order valence-corrected chi connectivity index (χ2v) is 4.56. The molecule has 0 saturated carbocycles. The summed E-state index contributed by atoms with van der Waals surface area (Å²) in [7, 11) is 0. The number of hydrogen-bond donors (Lipinski definition) is 0. The second-order valence-electron chi connectivity index (χ2n) is 4.56. The number of rotatable bonds is 4. The fourth-order valence-corrected chi connectivity index (χ4v) is 1.90. The molecule has 1 unspecified atom stereocenters. The zero-order valence-corrected chi connectivity index (χ0v) is 9.85. The zero-order chi connectivity index (χ0) is 11.4. The van der Waals surface area contributed by atoms with Crippen LogP contribution in [-0.4, -0.2) is 59.5 Å². The maximum atomic E-state index is 10.5. The summed E-state index contributed by atoms with van der Waals surface area (Å²) >= 11 is 0. The van der Waals surface area contributed by atoms with Crippen LogP contribution in [0, 0.1) is 10.1 Å². The Hall–Kier alpha value is -0.680. The molecule has 5 heteroatoms. The minimum absolute atomic E-state index is 0.200. The lowest BCUT2D eigenvalue weighted by Crippen LogP contribution is -2.50. The summed E-state index contributed by atoms with van der Waals surface area (Å²) < 4.78 is 0. The molecule has 0 N–H and O–H groups in total. The van der Waals surface area contributed by atoms with Crippen LogP contribution in [0.5, 0.6) is 0 Å². The minimum Gasteiger partial charge on any atom is -0.298 e. The molecule has 1 heterocycles. The van der Waals surface area contributed by atoms with Crippen molar-refractivity contribution in [2.45, 2.75) is 32.9 Å². The molecule has 0 aromatic heterocycles. The standard InChI is InChI=1S/C10H21N3O2/c1-9(2)12-6-4-11(5-7-12)8-10(3)13(14)15/h9-10H,4-8H2,1-3H3. The molecule has 0 spiro atoms. The van der Waals surface area contributed by atoms with Gasteiger partial charge in [0.15, 0.2) is 0 Å². The average molecular weight is 215 g/mol. The monoisotopic (exact) mass is 215 g/mol. The molecular weight excluding hydrogens is 194 g/mol. The van der Waals surface area contributed by atoms with E-state index in [1.165, 1.54) is 0 Å². The maximum Gasteiger partial charge on any atom is 0.222 e. The normalized spacial score (nSPS) is 21.9. The zero-order valence-electron chi connectivity index (χ0n) is 9.85. The van der Waals surface area contributed by atoms with Crippen molar-refractivity contribution < 1.29 is 4.92 Å². The molecule has 1 fully saturated rings.